The van der Waals surface area contributed by atoms with Gasteiger partial charge in [0.05, 0.1) is 0 Å². The van der Waals surface area contributed by atoms with Crippen molar-refractivity contribution in [1.29, 1.82) is 0 Å². The number of amides is 2. The zero-order valence-corrected chi connectivity index (χ0v) is 13.2. The minimum Gasteiger partial charge on any atom is -0.375 e. The van der Waals surface area contributed by atoms with Crippen LogP contribution in [0.1, 0.15) is 10.4 Å². The molecule has 1 aliphatic rings. The number of nitrogens with zero attached hydrogens (tertiary/aromatic N) is 2. The molecule has 2 rings (SSSR count). The first kappa shape index (κ1) is 15.9. The first-order valence-corrected chi connectivity index (χ1v) is 8.08. The number of carbonyl (C=O) groups excluding carboxylic acids is 2. The summed E-state index contributed by atoms with van der Waals surface area (Å²) in [4.78, 5) is 28.8. The van der Waals surface area contributed by atoms with Crippen LogP contribution in [0.5, 0.6) is 0 Å². The lowest BCUT2D eigenvalue weighted by Crippen LogP contribution is -2.51. The average Bonchev–Trinajstić information content (AvgIpc) is 2.54. The minimum absolute atomic E-state index is 0.0195. The summed E-state index contributed by atoms with van der Waals surface area (Å²) in [6, 6.07) is 7.62. The summed E-state index contributed by atoms with van der Waals surface area (Å²) in [5, 5.41) is 0. The molecule has 0 bridgehead atoms. The number of rotatable bonds is 4. The average molecular weight is 308 g/mol. The Balaban J connectivity index is 1.92. The Hall–Kier alpha value is -1.53. The highest BCUT2D eigenvalue weighted by Gasteiger charge is 2.24. The van der Waals surface area contributed by atoms with E-state index < -0.39 is 0 Å². The molecule has 6 heteroatoms. The third-order valence-electron chi connectivity index (χ3n) is 3.52. The molecule has 21 heavy (non-hydrogen) atoms. The van der Waals surface area contributed by atoms with E-state index in [9.17, 15) is 9.59 Å². The van der Waals surface area contributed by atoms with E-state index >= 15 is 0 Å². The second kappa shape index (κ2) is 7.47. The Morgan fingerprint density at radius 2 is 1.67 bits per heavy atom. The van der Waals surface area contributed by atoms with Gasteiger partial charge in [0.25, 0.3) is 5.91 Å². The smallest absolute Gasteiger partial charge is 0.253 e. The number of thioether (sulfide) groups is 1. The summed E-state index contributed by atoms with van der Waals surface area (Å²) >= 11 is 1.65. The van der Waals surface area contributed by atoms with Crippen LogP contribution in [-0.2, 0) is 9.53 Å². The van der Waals surface area contributed by atoms with Crippen LogP contribution in [0.2, 0.25) is 0 Å². The topological polar surface area (TPSA) is 49.9 Å². The van der Waals surface area contributed by atoms with Crippen LogP contribution >= 0.6 is 11.8 Å². The highest BCUT2D eigenvalue weighted by molar-refractivity contribution is 7.98. The number of ether oxygens (including phenoxy) is 1. The van der Waals surface area contributed by atoms with E-state index in [4.69, 9.17) is 4.74 Å². The molecule has 0 N–H and O–H groups in total. The van der Waals surface area contributed by atoms with Gasteiger partial charge in [-0.25, -0.2) is 0 Å². The van der Waals surface area contributed by atoms with Crippen LogP contribution in [-0.4, -0.2) is 67.8 Å². The predicted molar refractivity (Wildman–Crippen MR) is 82.6 cm³/mol. The molecule has 1 saturated heterocycles. The van der Waals surface area contributed by atoms with Crippen molar-refractivity contribution >= 4 is 23.6 Å². The molecule has 2 amide bonds. The van der Waals surface area contributed by atoms with Gasteiger partial charge in [0.2, 0.25) is 5.91 Å². The van der Waals surface area contributed by atoms with Crippen LogP contribution in [0.15, 0.2) is 29.2 Å². The van der Waals surface area contributed by atoms with Crippen molar-refractivity contribution in [3.8, 4) is 0 Å². The maximum atomic E-state index is 12.4. The summed E-state index contributed by atoms with van der Waals surface area (Å²) in [6.07, 6.45) is 2.01. The molecule has 1 aromatic rings. The maximum absolute atomic E-state index is 12.4. The zero-order valence-electron chi connectivity index (χ0n) is 12.4. The molecule has 0 spiro atoms. The number of hydrogen-bond donors (Lipinski definition) is 0. The lowest BCUT2D eigenvalue weighted by molar-refractivity contribution is -0.136. The second-order valence-electron chi connectivity index (χ2n) is 4.83. The van der Waals surface area contributed by atoms with Crippen molar-refractivity contribution in [1.82, 2.24) is 9.80 Å². The number of methoxy groups -OCH3 is 1. The van der Waals surface area contributed by atoms with Crippen molar-refractivity contribution in [2.24, 2.45) is 0 Å². The molecule has 1 aliphatic heterocycles. The van der Waals surface area contributed by atoms with Crippen molar-refractivity contribution in [3.05, 3.63) is 29.8 Å². The van der Waals surface area contributed by atoms with Crippen molar-refractivity contribution in [2.75, 3.05) is 46.2 Å². The molecule has 0 saturated carbocycles. The van der Waals surface area contributed by atoms with Gasteiger partial charge in [-0.3, -0.25) is 9.59 Å². The lowest BCUT2D eigenvalue weighted by Gasteiger charge is -2.34. The third-order valence-corrected chi connectivity index (χ3v) is 4.27. The Labute approximate surface area is 129 Å². The van der Waals surface area contributed by atoms with Crippen LogP contribution < -0.4 is 0 Å². The fraction of sp³-hybridized carbons (Fsp3) is 0.467. The molecular weight excluding hydrogens is 288 g/mol. The summed E-state index contributed by atoms with van der Waals surface area (Å²) in [6.45, 7) is 2.37. The monoisotopic (exact) mass is 308 g/mol. The fourth-order valence-electron chi connectivity index (χ4n) is 2.29. The standard InChI is InChI=1S/C15H20N2O3S/c1-20-11-14(18)16-7-9-17(10-8-16)15(19)12-3-5-13(21-2)6-4-12/h3-6H,7-11H2,1-2H3. The molecule has 0 aromatic heterocycles. The molecule has 114 valence electrons. The third kappa shape index (κ3) is 3.98. The zero-order chi connectivity index (χ0) is 15.2. The Kier molecular flexibility index (Phi) is 5.64. The summed E-state index contributed by atoms with van der Waals surface area (Å²) in [5.74, 6) is 0.00964. The van der Waals surface area contributed by atoms with Gasteiger partial charge >= 0.3 is 0 Å². The van der Waals surface area contributed by atoms with Crippen molar-refractivity contribution in [3.63, 3.8) is 0 Å². The maximum Gasteiger partial charge on any atom is 0.253 e. The Bertz CT molecular complexity index is 496. The summed E-state index contributed by atoms with van der Waals surface area (Å²) in [7, 11) is 1.51. The second-order valence-corrected chi connectivity index (χ2v) is 5.71. The largest absolute Gasteiger partial charge is 0.375 e. The van der Waals surface area contributed by atoms with Crippen LogP contribution in [0.25, 0.3) is 0 Å². The van der Waals surface area contributed by atoms with Gasteiger partial charge in [-0.05, 0) is 30.5 Å². The lowest BCUT2D eigenvalue weighted by atomic mass is 10.2. The van der Waals surface area contributed by atoms with Gasteiger partial charge in [-0.15, -0.1) is 11.8 Å². The van der Waals surface area contributed by atoms with E-state index in [2.05, 4.69) is 0 Å². The summed E-state index contributed by atoms with van der Waals surface area (Å²) in [5.41, 5.74) is 0.699. The van der Waals surface area contributed by atoms with Crippen LogP contribution in [0.3, 0.4) is 0 Å². The van der Waals surface area contributed by atoms with E-state index in [1.54, 1.807) is 21.6 Å². The van der Waals surface area contributed by atoms with Gasteiger partial charge in [-0.1, -0.05) is 0 Å². The molecule has 0 atom stereocenters. The molecule has 1 heterocycles. The van der Waals surface area contributed by atoms with E-state index in [1.165, 1.54) is 7.11 Å². The fourth-order valence-corrected chi connectivity index (χ4v) is 2.70. The highest BCUT2D eigenvalue weighted by Crippen LogP contribution is 2.16. The SMILES string of the molecule is COCC(=O)N1CCN(C(=O)c2ccc(SC)cc2)CC1. The van der Waals surface area contributed by atoms with Crippen molar-refractivity contribution in [2.45, 2.75) is 4.90 Å². The van der Waals surface area contributed by atoms with Gasteiger partial charge in [0.15, 0.2) is 0 Å². The number of benzene rings is 1. The Morgan fingerprint density at radius 3 is 2.19 bits per heavy atom. The molecule has 0 aliphatic carbocycles. The first-order valence-electron chi connectivity index (χ1n) is 6.85. The van der Waals surface area contributed by atoms with Crippen LogP contribution in [0, 0.1) is 0 Å². The molecule has 1 aromatic carbocycles. The quantitative estimate of drug-likeness (QED) is 0.788. The molecular formula is C15H20N2O3S. The van der Waals surface area contributed by atoms with Crippen molar-refractivity contribution < 1.29 is 14.3 Å². The first-order chi connectivity index (χ1) is 10.2. The molecule has 0 radical (unpaired) electrons. The molecule has 0 unspecified atom stereocenters. The van der Waals surface area contributed by atoms with Gasteiger partial charge in [0, 0.05) is 43.7 Å². The highest BCUT2D eigenvalue weighted by atomic mass is 32.2. The van der Waals surface area contributed by atoms with Gasteiger partial charge in [-0.2, -0.15) is 0 Å². The van der Waals surface area contributed by atoms with E-state index in [-0.39, 0.29) is 18.4 Å². The number of piperazine rings is 1. The Morgan fingerprint density at radius 1 is 1.10 bits per heavy atom. The predicted octanol–water partition coefficient (Wildman–Crippen LogP) is 1.34. The van der Waals surface area contributed by atoms with Crippen LogP contribution in [0.4, 0.5) is 0 Å². The normalized spacial score (nSPS) is 15.1. The van der Waals surface area contributed by atoms with E-state index in [0.29, 0.717) is 31.7 Å². The number of hydrogen-bond acceptors (Lipinski definition) is 4. The van der Waals surface area contributed by atoms with Gasteiger partial charge < -0.3 is 14.5 Å². The van der Waals surface area contributed by atoms with E-state index in [0.717, 1.165) is 4.90 Å². The number of carbonyl (C=O) groups is 2. The summed E-state index contributed by atoms with van der Waals surface area (Å²) < 4.78 is 4.85. The van der Waals surface area contributed by atoms with E-state index in [1.807, 2.05) is 30.5 Å². The van der Waals surface area contributed by atoms with Gasteiger partial charge in [0.1, 0.15) is 6.61 Å². The molecule has 5 nitrogen and oxygen atoms in total. The molecule has 1 fully saturated rings. The minimum atomic E-state index is -0.0195.